The van der Waals surface area contributed by atoms with Gasteiger partial charge < -0.3 is 14.0 Å². The molecule has 2 rings (SSSR count). The summed E-state index contributed by atoms with van der Waals surface area (Å²) in [5, 5.41) is 0. The number of ether oxygens (including phenoxy) is 2. The highest BCUT2D eigenvalue weighted by atomic mass is 32.1. The van der Waals surface area contributed by atoms with Gasteiger partial charge in [-0.3, -0.25) is 9.59 Å². The Labute approximate surface area is 144 Å². The number of fused-ring (bicyclic) bond motifs is 1. The van der Waals surface area contributed by atoms with E-state index in [4.69, 9.17) is 9.47 Å². The maximum absolute atomic E-state index is 12.0. The van der Waals surface area contributed by atoms with Gasteiger partial charge in [0.1, 0.15) is 17.8 Å². The molecule has 0 aliphatic carbocycles. The van der Waals surface area contributed by atoms with Crippen LogP contribution in [0.25, 0.3) is 10.2 Å². The van der Waals surface area contributed by atoms with Crippen molar-refractivity contribution in [2.45, 2.75) is 39.7 Å². The van der Waals surface area contributed by atoms with E-state index >= 15 is 0 Å². The fourth-order valence-electron chi connectivity index (χ4n) is 2.32. The van der Waals surface area contributed by atoms with E-state index in [0.29, 0.717) is 23.6 Å². The van der Waals surface area contributed by atoms with Crippen LogP contribution < -0.4 is 9.54 Å². The molecule has 0 radical (unpaired) electrons. The largest absolute Gasteiger partial charge is 0.495 e. The molecule has 2 aromatic rings. The number of thiazole rings is 1. The number of hydrogen-bond acceptors (Lipinski definition) is 5. The van der Waals surface area contributed by atoms with Crippen molar-refractivity contribution in [3.63, 3.8) is 0 Å². The van der Waals surface area contributed by atoms with Crippen molar-refractivity contribution >= 4 is 33.4 Å². The van der Waals surface area contributed by atoms with Crippen LogP contribution in [0.15, 0.2) is 23.2 Å². The second kappa shape index (κ2) is 8.63. The third-order valence-electron chi connectivity index (χ3n) is 3.44. The number of methoxy groups -OCH3 is 1. The molecule has 0 spiro atoms. The van der Waals surface area contributed by atoms with Crippen LogP contribution in [0.3, 0.4) is 0 Å². The van der Waals surface area contributed by atoms with Crippen molar-refractivity contribution in [1.29, 1.82) is 0 Å². The third kappa shape index (κ3) is 4.23. The topological polar surface area (TPSA) is 69.9 Å². The molecule has 6 nitrogen and oxygen atoms in total. The van der Waals surface area contributed by atoms with E-state index in [1.807, 2.05) is 25.1 Å². The molecular weight excluding hydrogens is 328 g/mol. The van der Waals surface area contributed by atoms with Crippen LogP contribution in [0, 0.1) is 0 Å². The van der Waals surface area contributed by atoms with Crippen molar-refractivity contribution in [2.75, 3.05) is 13.7 Å². The fourth-order valence-corrected chi connectivity index (χ4v) is 3.38. The predicted octanol–water partition coefficient (Wildman–Crippen LogP) is 2.89. The molecule has 1 amide bonds. The Kier molecular flexibility index (Phi) is 6.54. The lowest BCUT2D eigenvalue weighted by Gasteiger charge is -2.08. The van der Waals surface area contributed by atoms with E-state index < -0.39 is 0 Å². The summed E-state index contributed by atoms with van der Waals surface area (Å²) in [5.41, 5.74) is 0.750. The van der Waals surface area contributed by atoms with E-state index in [-0.39, 0.29) is 18.4 Å². The van der Waals surface area contributed by atoms with Crippen molar-refractivity contribution in [3.05, 3.63) is 23.0 Å². The van der Waals surface area contributed by atoms with Crippen LogP contribution >= 0.6 is 11.3 Å². The van der Waals surface area contributed by atoms with Gasteiger partial charge in [-0.05, 0) is 25.5 Å². The molecule has 1 heterocycles. The highest BCUT2D eigenvalue weighted by Gasteiger charge is 2.15. The molecule has 0 aliphatic heterocycles. The van der Waals surface area contributed by atoms with Gasteiger partial charge in [0.05, 0.1) is 18.4 Å². The summed E-state index contributed by atoms with van der Waals surface area (Å²) in [6.07, 6.45) is 2.14. The molecule has 24 heavy (non-hydrogen) atoms. The molecule has 0 saturated heterocycles. The molecular formula is C17H22N2O4S. The van der Waals surface area contributed by atoms with E-state index in [0.717, 1.165) is 23.1 Å². The van der Waals surface area contributed by atoms with Crippen LogP contribution in [0.5, 0.6) is 5.75 Å². The first-order chi connectivity index (χ1) is 11.6. The zero-order chi connectivity index (χ0) is 17.5. The van der Waals surface area contributed by atoms with Crippen molar-refractivity contribution in [2.24, 2.45) is 4.99 Å². The number of carbonyl (C=O) groups excluding carboxylic acids is 2. The van der Waals surface area contributed by atoms with Gasteiger partial charge in [0.25, 0.3) is 0 Å². The average molecular weight is 350 g/mol. The first kappa shape index (κ1) is 18.2. The van der Waals surface area contributed by atoms with Crippen LogP contribution in [0.4, 0.5) is 0 Å². The Morgan fingerprint density at radius 3 is 2.75 bits per heavy atom. The fraction of sp³-hybridized carbons (Fsp3) is 0.471. The molecule has 7 heteroatoms. The number of hydrogen-bond donors (Lipinski definition) is 0. The second-order valence-corrected chi connectivity index (χ2v) is 6.20. The number of aromatic nitrogens is 1. The van der Waals surface area contributed by atoms with E-state index in [1.165, 1.54) is 11.3 Å². The molecule has 1 aromatic carbocycles. The highest BCUT2D eigenvalue weighted by Crippen LogP contribution is 2.27. The third-order valence-corrected chi connectivity index (χ3v) is 4.48. The smallest absolute Gasteiger partial charge is 0.326 e. The van der Waals surface area contributed by atoms with Crippen LogP contribution in [-0.2, 0) is 20.9 Å². The molecule has 0 aliphatic rings. The van der Waals surface area contributed by atoms with Gasteiger partial charge in [-0.2, -0.15) is 4.99 Å². The standard InChI is InChI=1S/C17H22N2O4S/c1-4-6-10-14(20)18-17-19(11-15(21)23-5-2)16-12(22-3)8-7-9-13(16)24-17/h7-9H,4-6,10-11H2,1-3H3. The van der Waals surface area contributed by atoms with Crippen molar-refractivity contribution < 1.29 is 19.1 Å². The Morgan fingerprint density at radius 2 is 2.08 bits per heavy atom. The highest BCUT2D eigenvalue weighted by molar-refractivity contribution is 7.16. The molecule has 0 unspecified atom stereocenters. The minimum Gasteiger partial charge on any atom is -0.495 e. The molecule has 0 fully saturated rings. The molecule has 0 bridgehead atoms. The van der Waals surface area contributed by atoms with Gasteiger partial charge in [-0.15, -0.1) is 0 Å². The first-order valence-corrected chi connectivity index (χ1v) is 8.81. The number of nitrogens with zero attached hydrogens (tertiary/aromatic N) is 2. The normalized spacial score (nSPS) is 11.7. The van der Waals surface area contributed by atoms with Gasteiger partial charge in [-0.25, -0.2) is 0 Å². The summed E-state index contributed by atoms with van der Waals surface area (Å²) < 4.78 is 13.0. The Balaban J connectivity index is 2.54. The maximum Gasteiger partial charge on any atom is 0.326 e. The Hall–Kier alpha value is -2.15. The Bertz CT molecular complexity index is 791. The lowest BCUT2D eigenvalue weighted by atomic mass is 10.2. The minimum atomic E-state index is -0.370. The summed E-state index contributed by atoms with van der Waals surface area (Å²) in [6.45, 7) is 4.08. The Morgan fingerprint density at radius 1 is 1.29 bits per heavy atom. The van der Waals surface area contributed by atoms with Crippen molar-refractivity contribution in [1.82, 2.24) is 4.57 Å². The summed E-state index contributed by atoms with van der Waals surface area (Å²) in [5.74, 6) is 0.0843. The van der Waals surface area contributed by atoms with E-state index in [9.17, 15) is 9.59 Å². The second-order valence-electron chi connectivity index (χ2n) is 5.19. The zero-order valence-corrected chi connectivity index (χ0v) is 15.0. The zero-order valence-electron chi connectivity index (χ0n) is 14.2. The summed E-state index contributed by atoms with van der Waals surface area (Å²) in [7, 11) is 1.57. The van der Waals surface area contributed by atoms with Crippen LogP contribution in [0.1, 0.15) is 33.1 Å². The number of amides is 1. The number of para-hydroxylation sites is 1. The number of carbonyl (C=O) groups is 2. The first-order valence-electron chi connectivity index (χ1n) is 8.00. The van der Waals surface area contributed by atoms with Crippen molar-refractivity contribution in [3.8, 4) is 5.75 Å². The van der Waals surface area contributed by atoms with Crippen LogP contribution in [-0.4, -0.2) is 30.2 Å². The molecule has 130 valence electrons. The molecule has 0 N–H and O–H groups in total. The molecule has 0 atom stereocenters. The summed E-state index contributed by atoms with van der Waals surface area (Å²) in [4.78, 5) is 28.7. The molecule has 1 aromatic heterocycles. The van der Waals surface area contributed by atoms with Gasteiger partial charge in [0.15, 0.2) is 4.80 Å². The van der Waals surface area contributed by atoms with Gasteiger partial charge in [-0.1, -0.05) is 30.7 Å². The number of benzene rings is 1. The minimum absolute atomic E-state index is 0.00585. The summed E-state index contributed by atoms with van der Waals surface area (Å²) >= 11 is 1.36. The molecule has 0 saturated carbocycles. The quantitative estimate of drug-likeness (QED) is 0.720. The van der Waals surface area contributed by atoms with Gasteiger partial charge >= 0.3 is 5.97 Å². The van der Waals surface area contributed by atoms with E-state index in [2.05, 4.69) is 4.99 Å². The maximum atomic E-state index is 12.0. The van der Waals surface area contributed by atoms with E-state index in [1.54, 1.807) is 18.6 Å². The number of unbranched alkanes of at least 4 members (excludes halogenated alkanes) is 1. The monoisotopic (exact) mass is 350 g/mol. The number of esters is 1. The summed E-state index contributed by atoms with van der Waals surface area (Å²) in [6, 6.07) is 5.61. The SMILES string of the molecule is CCCCC(=O)N=c1sc2cccc(OC)c2n1CC(=O)OCC. The van der Waals surface area contributed by atoms with Gasteiger partial charge in [0.2, 0.25) is 5.91 Å². The average Bonchev–Trinajstić information content (AvgIpc) is 2.90. The lowest BCUT2D eigenvalue weighted by Crippen LogP contribution is -2.23. The lowest BCUT2D eigenvalue weighted by molar-refractivity contribution is -0.143. The predicted molar refractivity (Wildman–Crippen MR) is 93.1 cm³/mol. The number of rotatable bonds is 7. The van der Waals surface area contributed by atoms with Gasteiger partial charge in [0, 0.05) is 6.42 Å². The van der Waals surface area contributed by atoms with Crippen LogP contribution in [0.2, 0.25) is 0 Å².